The molecule has 0 radical (unpaired) electrons. The van der Waals surface area contributed by atoms with Gasteiger partial charge >= 0.3 is 0 Å². The molecule has 0 bridgehead atoms. The van der Waals surface area contributed by atoms with E-state index in [4.69, 9.17) is 9.47 Å². The molecule has 0 saturated carbocycles. The first-order chi connectivity index (χ1) is 9.11. The third-order valence-corrected chi connectivity index (χ3v) is 4.03. The molecule has 1 N–H and O–H groups in total. The van der Waals surface area contributed by atoms with Crippen molar-refractivity contribution in [3.05, 3.63) is 28.0 Å². The van der Waals surface area contributed by atoms with Crippen LogP contribution in [0.2, 0.25) is 0 Å². The van der Waals surface area contributed by atoms with Gasteiger partial charge in [0.15, 0.2) is 0 Å². The van der Waals surface area contributed by atoms with Crippen molar-refractivity contribution < 1.29 is 19.0 Å². The molecule has 0 aromatic heterocycles. The predicted molar refractivity (Wildman–Crippen MR) is 73.8 cm³/mol. The van der Waals surface area contributed by atoms with Crippen LogP contribution in [-0.4, -0.2) is 24.9 Å². The minimum absolute atomic E-state index is 0.240. The Morgan fingerprint density at radius 1 is 1.58 bits per heavy atom. The lowest BCUT2D eigenvalue weighted by molar-refractivity contribution is 0.0805. The summed E-state index contributed by atoms with van der Waals surface area (Å²) in [6.07, 6.45) is 3.10. The van der Waals surface area contributed by atoms with Crippen LogP contribution in [0.1, 0.15) is 37.4 Å². The van der Waals surface area contributed by atoms with Crippen molar-refractivity contribution in [2.24, 2.45) is 0 Å². The molecule has 2 rings (SSSR count). The van der Waals surface area contributed by atoms with Gasteiger partial charge < -0.3 is 14.6 Å². The predicted octanol–water partition coefficient (Wildman–Crippen LogP) is 3.59. The lowest BCUT2D eigenvalue weighted by Gasteiger charge is -2.17. The number of hydrogen-bond acceptors (Lipinski definition) is 3. The number of rotatable bonds is 5. The second-order valence-electron chi connectivity index (χ2n) is 4.74. The Morgan fingerprint density at radius 2 is 2.37 bits per heavy atom. The molecular formula is C14H18BrFO3. The van der Waals surface area contributed by atoms with Gasteiger partial charge in [-0.2, -0.15) is 0 Å². The number of aliphatic hydroxyl groups is 1. The van der Waals surface area contributed by atoms with Gasteiger partial charge in [-0.15, -0.1) is 0 Å². The third-order valence-electron chi connectivity index (χ3n) is 3.42. The zero-order valence-electron chi connectivity index (χ0n) is 10.9. The second kappa shape index (κ2) is 6.68. The van der Waals surface area contributed by atoms with Gasteiger partial charge in [0.25, 0.3) is 0 Å². The molecule has 106 valence electrons. The minimum Gasteiger partial charge on any atom is -0.496 e. The van der Waals surface area contributed by atoms with Crippen LogP contribution in [0.4, 0.5) is 4.39 Å². The fourth-order valence-corrected chi connectivity index (χ4v) is 2.71. The molecule has 1 heterocycles. The quantitative estimate of drug-likeness (QED) is 0.895. The maximum atomic E-state index is 13.4. The number of hydrogen-bond donors (Lipinski definition) is 1. The summed E-state index contributed by atoms with van der Waals surface area (Å²) < 4.78 is 24.4. The Balaban J connectivity index is 2.04. The summed E-state index contributed by atoms with van der Waals surface area (Å²) in [4.78, 5) is 0. The Bertz CT molecular complexity index is 433. The van der Waals surface area contributed by atoms with E-state index >= 15 is 0 Å². The van der Waals surface area contributed by atoms with Crippen molar-refractivity contribution in [1.29, 1.82) is 0 Å². The van der Waals surface area contributed by atoms with Crippen LogP contribution in [0, 0.1) is 5.82 Å². The van der Waals surface area contributed by atoms with Gasteiger partial charge in [-0.05, 0) is 47.7 Å². The zero-order chi connectivity index (χ0) is 13.8. The first kappa shape index (κ1) is 14.8. The highest BCUT2D eigenvalue weighted by molar-refractivity contribution is 9.10. The highest BCUT2D eigenvalue weighted by Crippen LogP contribution is 2.33. The van der Waals surface area contributed by atoms with Crippen molar-refractivity contribution in [3.8, 4) is 5.75 Å². The number of ether oxygens (including phenoxy) is 2. The molecule has 5 heteroatoms. The van der Waals surface area contributed by atoms with Crippen LogP contribution >= 0.6 is 15.9 Å². The lowest BCUT2D eigenvalue weighted by Crippen LogP contribution is -2.09. The van der Waals surface area contributed by atoms with Gasteiger partial charge in [-0.1, -0.05) is 0 Å². The smallest absolute Gasteiger partial charge is 0.141 e. The van der Waals surface area contributed by atoms with E-state index in [-0.39, 0.29) is 6.10 Å². The van der Waals surface area contributed by atoms with Crippen molar-refractivity contribution >= 4 is 15.9 Å². The van der Waals surface area contributed by atoms with Gasteiger partial charge in [0.2, 0.25) is 0 Å². The molecule has 0 spiro atoms. The summed E-state index contributed by atoms with van der Waals surface area (Å²) in [7, 11) is 1.47. The highest BCUT2D eigenvalue weighted by Gasteiger charge is 2.20. The van der Waals surface area contributed by atoms with Gasteiger partial charge in [0.05, 0.1) is 23.8 Å². The molecule has 2 unspecified atom stereocenters. The highest BCUT2D eigenvalue weighted by atomic mass is 79.9. The first-order valence-corrected chi connectivity index (χ1v) is 7.23. The fraction of sp³-hybridized carbons (Fsp3) is 0.571. The molecule has 0 amide bonds. The van der Waals surface area contributed by atoms with E-state index in [9.17, 15) is 9.50 Å². The van der Waals surface area contributed by atoms with E-state index < -0.39 is 11.9 Å². The molecule has 3 nitrogen and oxygen atoms in total. The van der Waals surface area contributed by atoms with E-state index in [1.807, 2.05) is 0 Å². The van der Waals surface area contributed by atoms with E-state index in [2.05, 4.69) is 15.9 Å². The Morgan fingerprint density at radius 3 is 3.00 bits per heavy atom. The molecule has 2 atom stereocenters. The van der Waals surface area contributed by atoms with E-state index in [0.29, 0.717) is 22.2 Å². The molecule has 1 fully saturated rings. The van der Waals surface area contributed by atoms with Crippen molar-refractivity contribution in [2.75, 3.05) is 13.7 Å². The fourth-order valence-electron chi connectivity index (χ4n) is 2.35. The lowest BCUT2D eigenvalue weighted by atomic mass is 10.0. The van der Waals surface area contributed by atoms with Gasteiger partial charge in [0.1, 0.15) is 11.6 Å². The molecule has 19 heavy (non-hydrogen) atoms. The maximum Gasteiger partial charge on any atom is 0.141 e. The summed E-state index contributed by atoms with van der Waals surface area (Å²) in [6.45, 7) is 0.812. The maximum absolute atomic E-state index is 13.4. The summed E-state index contributed by atoms with van der Waals surface area (Å²) in [5.41, 5.74) is 0.605. The van der Waals surface area contributed by atoms with Crippen molar-refractivity contribution in [3.63, 3.8) is 0 Å². The molecule has 0 aliphatic carbocycles. The standard InChI is InChI=1S/C14H18BrFO3/c1-18-14-8-12(16)11(15)7-10(14)13(17)5-4-9-3-2-6-19-9/h7-9,13,17H,2-6H2,1H3. The number of benzene rings is 1. The molecular weight excluding hydrogens is 315 g/mol. The summed E-state index contributed by atoms with van der Waals surface area (Å²) in [5.74, 6) is -0.0209. The van der Waals surface area contributed by atoms with Crippen molar-refractivity contribution in [1.82, 2.24) is 0 Å². The van der Waals surface area contributed by atoms with Crippen LogP contribution in [0.5, 0.6) is 5.75 Å². The summed E-state index contributed by atoms with van der Waals surface area (Å²) in [5, 5.41) is 10.2. The van der Waals surface area contributed by atoms with E-state index in [1.165, 1.54) is 13.2 Å². The summed E-state index contributed by atoms with van der Waals surface area (Å²) in [6, 6.07) is 2.86. The first-order valence-electron chi connectivity index (χ1n) is 6.44. The molecule has 1 aliphatic rings. The monoisotopic (exact) mass is 332 g/mol. The van der Waals surface area contributed by atoms with Crippen LogP contribution in [0.3, 0.4) is 0 Å². The average molecular weight is 333 g/mol. The van der Waals surface area contributed by atoms with E-state index in [0.717, 1.165) is 25.9 Å². The van der Waals surface area contributed by atoms with Crippen LogP contribution < -0.4 is 4.74 Å². The van der Waals surface area contributed by atoms with Gasteiger partial charge in [0, 0.05) is 18.2 Å². The zero-order valence-corrected chi connectivity index (χ0v) is 12.5. The second-order valence-corrected chi connectivity index (χ2v) is 5.59. The average Bonchev–Trinajstić information content (AvgIpc) is 2.91. The molecule has 1 aliphatic heterocycles. The molecule has 1 aromatic rings. The van der Waals surface area contributed by atoms with E-state index in [1.54, 1.807) is 6.07 Å². The Labute approximate surface area is 120 Å². The minimum atomic E-state index is -0.670. The Hall–Kier alpha value is -0.650. The topological polar surface area (TPSA) is 38.7 Å². The Kier molecular flexibility index (Phi) is 5.19. The SMILES string of the molecule is COc1cc(F)c(Br)cc1C(O)CCC1CCCO1. The number of halogens is 2. The van der Waals surface area contributed by atoms with Gasteiger partial charge in [-0.25, -0.2) is 4.39 Å². The van der Waals surface area contributed by atoms with Crippen LogP contribution in [0.15, 0.2) is 16.6 Å². The van der Waals surface area contributed by atoms with Crippen LogP contribution in [0.25, 0.3) is 0 Å². The third kappa shape index (κ3) is 3.68. The molecule has 1 aromatic carbocycles. The number of aliphatic hydroxyl groups excluding tert-OH is 1. The number of methoxy groups -OCH3 is 1. The largest absolute Gasteiger partial charge is 0.496 e. The normalized spacial score (nSPS) is 20.5. The van der Waals surface area contributed by atoms with Crippen molar-refractivity contribution in [2.45, 2.75) is 37.9 Å². The molecule has 1 saturated heterocycles. The summed E-state index contributed by atoms with van der Waals surface area (Å²) >= 11 is 3.13. The van der Waals surface area contributed by atoms with Gasteiger partial charge in [-0.3, -0.25) is 0 Å². The van der Waals surface area contributed by atoms with Crippen LogP contribution in [-0.2, 0) is 4.74 Å².